The highest BCUT2D eigenvalue weighted by molar-refractivity contribution is 7.98. The quantitative estimate of drug-likeness (QED) is 0.793. The van der Waals surface area contributed by atoms with Gasteiger partial charge in [-0.3, -0.25) is 10.1 Å². The van der Waals surface area contributed by atoms with Gasteiger partial charge in [-0.2, -0.15) is 24.9 Å². The highest BCUT2D eigenvalue weighted by Gasteiger charge is 2.42. The Labute approximate surface area is 117 Å². The van der Waals surface area contributed by atoms with E-state index in [0.29, 0.717) is 0 Å². The predicted octanol–water partition coefficient (Wildman–Crippen LogP) is 2.83. The molecule has 0 unspecified atom stereocenters. The Balaban J connectivity index is 3.01. The lowest BCUT2D eigenvalue weighted by Crippen LogP contribution is -2.46. The molecule has 0 amide bonds. The Morgan fingerprint density at radius 1 is 1.35 bits per heavy atom. The molecule has 0 spiro atoms. The smallest absolute Gasteiger partial charge is 0.407 e. The van der Waals surface area contributed by atoms with Gasteiger partial charge in [0.2, 0.25) is 0 Å². The van der Waals surface area contributed by atoms with Crippen molar-refractivity contribution >= 4 is 17.7 Å². The maximum absolute atomic E-state index is 13.0. The number of halogens is 4. The zero-order valence-corrected chi connectivity index (χ0v) is 11.3. The lowest BCUT2D eigenvalue weighted by Gasteiger charge is -2.25. The van der Waals surface area contributed by atoms with Gasteiger partial charge in [-0.15, -0.1) is 0 Å². The minimum absolute atomic E-state index is 0.0108. The molecule has 3 nitrogen and oxygen atoms in total. The van der Waals surface area contributed by atoms with Crippen LogP contribution < -0.4 is 5.32 Å². The summed E-state index contributed by atoms with van der Waals surface area (Å²) < 4.78 is 51.8. The third kappa shape index (κ3) is 4.68. The number of rotatable bonds is 6. The van der Waals surface area contributed by atoms with Crippen LogP contribution in [0.5, 0.6) is 0 Å². The summed E-state index contributed by atoms with van der Waals surface area (Å²) in [5.74, 6) is -2.03. The Morgan fingerprint density at radius 3 is 2.30 bits per heavy atom. The maximum atomic E-state index is 13.0. The number of thioether (sulfide) groups is 1. The SMILES string of the molecule is CSC[C@H](N[C@@H](c1ccc(F)cc1)C(F)(F)F)C(=O)O. The van der Waals surface area contributed by atoms with Crippen LogP contribution in [0.15, 0.2) is 24.3 Å². The van der Waals surface area contributed by atoms with Crippen LogP contribution in [0.1, 0.15) is 11.6 Å². The standard InChI is InChI=1S/C12H13F4NO2S/c1-20-6-9(11(18)19)17-10(12(14,15)16)7-2-4-8(13)5-3-7/h2-5,9-10,17H,6H2,1H3,(H,18,19)/t9-,10-/m0/s1. The summed E-state index contributed by atoms with van der Waals surface area (Å²) in [6, 6.07) is 0.273. The van der Waals surface area contributed by atoms with E-state index in [1.165, 1.54) is 0 Å². The monoisotopic (exact) mass is 311 g/mol. The fourth-order valence-electron chi connectivity index (χ4n) is 1.59. The summed E-state index contributed by atoms with van der Waals surface area (Å²) in [6.45, 7) is 0. The lowest BCUT2D eigenvalue weighted by molar-refractivity contribution is -0.162. The van der Waals surface area contributed by atoms with E-state index in [1.807, 2.05) is 0 Å². The van der Waals surface area contributed by atoms with Crippen LogP contribution in [0.3, 0.4) is 0 Å². The van der Waals surface area contributed by atoms with E-state index in [9.17, 15) is 22.4 Å². The summed E-state index contributed by atoms with van der Waals surface area (Å²) in [5, 5.41) is 11.0. The lowest BCUT2D eigenvalue weighted by atomic mass is 10.1. The molecular weight excluding hydrogens is 298 g/mol. The van der Waals surface area contributed by atoms with Gasteiger partial charge in [-0.05, 0) is 24.0 Å². The molecule has 2 atom stereocenters. The first-order chi connectivity index (χ1) is 9.25. The normalized spacial score (nSPS) is 14.8. The first-order valence-corrected chi connectivity index (χ1v) is 6.95. The Kier molecular flexibility index (Phi) is 5.82. The van der Waals surface area contributed by atoms with Crippen LogP contribution in [-0.4, -0.2) is 35.3 Å². The van der Waals surface area contributed by atoms with Gasteiger partial charge in [0.1, 0.15) is 17.9 Å². The van der Waals surface area contributed by atoms with Crippen molar-refractivity contribution in [1.82, 2.24) is 5.32 Å². The third-order valence-corrected chi connectivity index (χ3v) is 3.20. The second-order valence-corrected chi connectivity index (χ2v) is 4.95. The molecule has 0 aliphatic rings. The first-order valence-electron chi connectivity index (χ1n) is 5.55. The molecule has 0 aromatic heterocycles. The largest absolute Gasteiger partial charge is 0.480 e. The summed E-state index contributed by atoms with van der Waals surface area (Å²) in [5.41, 5.74) is -0.230. The van der Waals surface area contributed by atoms with Crippen molar-refractivity contribution in [3.8, 4) is 0 Å². The van der Waals surface area contributed by atoms with Crippen molar-refractivity contribution in [2.75, 3.05) is 12.0 Å². The van der Waals surface area contributed by atoms with Crippen molar-refractivity contribution in [3.63, 3.8) is 0 Å². The third-order valence-electron chi connectivity index (χ3n) is 2.53. The summed E-state index contributed by atoms with van der Waals surface area (Å²) in [4.78, 5) is 10.9. The molecule has 0 heterocycles. The second-order valence-electron chi connectivity index (χ2n) is 4.04. The van der Waals surface area contributed by atoms with E-state index >= 15 is 0 Å². The predicted molar refractivity (Wildman–Crippen MR) is 68.1 cm³/mol. The van der Waals surface area contributed by atoms with Crippen LogP contribution in [-0.2, 0) is 4.79 Å². The van der Waals surface area contributed by atoms with Crippen LogP contribution in [0, 0.1) is 5.82 Å². The number of alkyl halides is 3. The Hall–Kier alpha value is -1.28. The van der Waals surface area contributed by atoms with Gasteiger partial charge in [0.15, 0.2) is 0 Å². The van der Waals surface area contributed by atoms with Crippen molar-refractivity contribution in [2.24, 2.45) is 0 Å². The molecule has 0 saturated heterocycles. The fraction of sp³-hybridized carbons (Fsp3) is 0.417. The average Bonchev–Trinajstić information content (AvgIpc) is 2.34. The minimum Gasteiger partial charge on any atom is -0.480 e. The molecule has 0 aliphatic heterocycles. The van der Waals surface area contributed by atoms with E-state index in [4.69, 9.17) is 5.11 Å². The molecule has 20 heavy (non-hydrogen) atoms. The van der Waals surface area contributed by atoms with Crippen LogP contribution >= 0.6 is 11.8 Å². The summed E-state index contributed by atoms with van der Waals surface area (Å²) in [6.07, 6.45) is -3.08. The molecule has 1 aromatic rings. The van der Waals surface area contributed by atoms with Gasteiger partial charge >= 0.3 is 12.1 Å². The number of hydrogen-bond acceptors (Lipinski definition) is 3. The number of nitrogens with one attached hydrogen (secondary N) is 1. The maximum Gasteiger partial charge on any atom is 0.407 e. The Bertz CT molecular complexity index is 450. The molecule has 0 fully saturated rings. The molecule has 8 heteroatoms. The van der Waals surface area contributed by atoms with E-state index < -0.39 is 30.0 Å². The average molecular weight is 311 g/mol. The van der Waals surface area contributed by atoms with Crippen LogP contribution in [0.25, 0.3) is 0 Å². The molecule has 0 saturated carbocycles. The minimum atomic E-state index is -4.68. The van der Waals surface area contributed by atoms with Gasteiger partial charge < -0.3 is 5.11 Å². The van der Waals surface area contributed by atoms with Gasteiger partial charge in [0.25, 0.3) is 0 Å². The summed E-state index contributed by atoms with van der Waals surface area (Å²) in [7, 11) is 0. The zero-order chi connectivity index (χ0) is 15.3. The first kappa shape index (κ1) is 16.8. The second kappa shape index (κ2) is 6.94. The van der Waals surface area contributed by atoms with E-state index in [0.717, 1.165) is 36.0 Å². The van der Waals surface area contributed by atoms with E-state index in [2.05, 4.69) is 5.32 Å². The van der Waals surface area contributed by atoms with Crippen molar-refractivity contribution in [2.45, 2.75) is 18.3 Å². The van der Waals surface area contributed by atoms with Gasteiger partial charge in [-0.1, -0.05) is 12.1 Å². The van der Waals surface area contributed by atoms with Crippen LogP contribution in [0.4, 0.5) is 17.6 Å². The fourth-order valence-corrected chi connectivity index (χ4v) is 2.17. The van der Waals surface area contributed by atoms with Gasteiger partial charge in [0.05, 0.1) is 0 Å². The highest BCUT2D eigenvalue weighted by atomic mass is 32.2. The number of aliphatic carboxylic acids is 1. The molecule has 112 valence electrons. The number of carboxylic acids is 1. The molecule has 1 aromatic carbocycles. The topological polar surface area (TPSA) is 49.3 Å². The number of carboxylic acid groups (broad SMARTS) is 1. The van der Waals surface area contributed by atoms with Crippen molar-refractivity contribution in [3.05, 3.63) is 35.6 Å². The van der Waals surface area contributed by atoms with Gasteiger partial charge in [-0.25, -0.2) is 4.39 Å². The molecule has 1 rings (SSSR count). The zero-order valence-electron chi connectivity index (χ0n) is 10.4. The molecule has 0 aliphatic carbocycles. The Morgan fingerprint density at radius 2 is 1.90 bits per heavy atom. The summed E-state index contributed by atoms with van der Waals surface area (Å²) >= 11 is 1.12. The molecule has 2 N–H and O–H groups in total. The van der Waals surface area contributed by atoms with Crippen molar-refractivity contribution < 1.29 is 27.5 Å². The number of hydrogen-bond donors (Lipinski definition) is 2. The van der Waals surface area contributed by atoms with E-state index in [1.54, 1.807) is 6.26 Å². The van der Waals surface area contributed by atoms with E-state index in [-0.39, 0.29) is 11.3 Å². The number of benzene rings is 1. The number of carbonyl (C=O) groups is 1. The van der Waals surface area contributed by atoms with Crippen molar-refractivity contribution in [1.29, 1.82) is 0 Å². The molecule has 0 radical (unpaired) electrons. The highest BCUT2D eigenvalue weighted by Crippen LogP contribution is 2.33. The van der Waals surface area contributed by atoms with Crippen LogP contribution in [0.2, 0.25) is 0 Å². The van der Waals surface area contributed by atoms with Gasteiger partial charge in [0, 0.05) is 5.75 Å². The molecular formula is C12H13F4NO2S. The molecule has 0 bridgehead atoms.